The number of allylic oxidation sites excluding steroid dienone is 2. The number of sulfone groups is 1. The van der Waals surface area contributed by atoms with E-state index in [-0.39, 0.29) is 23.3 Å². The van der Waals surface area contributed by atoms with Gasteiger partial charge in [0, 0.05) is 13.0 Å². The van der Waals surface area contributed by atoms with Crippen LogP contribution in [0.2, 0.25) is 0 Å². The largest absolute Gasteiger partial charge is 0.497 e. The van der Waals surface area contributed by atoms with E-state index in [9.17, 15) is 13.5 Å². The molecule has 0 radical (unpaired) electrons. The maximum atomic E-state index is 13.8. The second kappa shape index (κ2) is 14.3. The summed E-state index contributed by atoms with van der Waals surface area (Å²) in [5.41, 5.74) is 3.68. The Morgan fingerprint density at radius 1 is 1.00 bits per heavy atom. The Hall–Kier alpha value is -2.67. The Morgan fingerprint density at radius 2 is 1.68 bits per heavy atom. The van der Waals surface area contributed by atoms with Gasteiger partial charge in [-0.1, -0.05) is 66.6 Å². The molecule has 6 heteroatoms. The highest BCUT2D eigenvalue weighted by Crippen LogP contribution is 2.29. The van der Waals surface area contributed by atoms with Crippen LogP contribution in [0.25, 0.3) is 0 Å². The second-order valence-corrected chi connectivity index (χ2v) is 11.7. The molecule has 37 heavy (non-hydrogen) atoms. The molecule has 0 aliphatic carbocycles. The predicted octanol–water partition coefficient (Wildman–Crippen LogP) is 6.34. The summed E-state index contributed by atoms with van der Waals surface area (Å²) in [6.45, 7) is 9.67. The SMILES string of the molecule is C/C=C(\C)C(OC)C(C)/C=C(\C)C(C(O)C/C(C)=C/Cc1cccc(OC)c1)S(=O)(=O)c1ccccc1. The smallest absolute Gasteiger partial charge is 0.187 e. The third-order valence-corrected chi connectivity index (χ3v) is 9.00. The van der Waals surface area contributed by atoms with Gasteiger partial charge in [0.15, 0.2) is 9.84 Å². The van der Waals surface area contributed by atoms with Crippen molar-refractivity contribution in [2.75, 3.05) is 14.2 Å². The van der Waals surface area contributed by atoms with Gasteiger partial charge in [0.2, 0.25) is 0 Å². The van der Waals surface area contributed by atoms with Crippen LogP contribution in [0.4, 0.5) is 0 Å². The van der Waals surface area contributed by atoms with Crippen LogP contribution < -0.4 is 4.74 Å². The van der Waals surface area contributed by atoms with E-state index in [0.29, 0.717) is 12.0 Å². The lowest BCUT2D eigenvalue weighted by molar-refractivity contribution is 0.103. The zero-order valence-electron chi connectivity index (χ0n) is 23.1. The first-order valence-electron chi connectivity index (χ1n) is 12.6. The summed E-state index contributed by atoms with van der Waals surface area (Å²) in [5, 5.41) is 10.3. The van der Waals surface area contributed by atoms with E-state index in [0.717, 1.165) is 22.5 Å². The van der Waals surface area contributed by atoms with Gasteiger partial charge in [0.05, 0.1) is 24.2 Å². The number of rotatable bonds is 13. The highest BCUT2D eigenvalue weighted by molar-refractivity contribution is 7.92. The fourth-order valence-electron chi connectivity index (χ4n) is 4.70. The van der Waals surface area contributed by atoms with Crippen LogP contribution >= 0.6 is 0 Å². The van der Waals surface area contributed by atoms with Crippen LogP contribution in [-0.4, -0.2) is 45.2 Å². The Morgan fingerprint density at radius 3 is 2.27 bits per heavy atom. The first-order chi connectivity index (χ1) is 17.5. The average Bonchev–Trinajstić information content (AvgIpc) is 2.88. The summed E-state index contributed by atoms with van der Waals surface area (Å²) in [7, 11) is -0.555. The van der Waals surface area contributed by atoms with E-state index in [1.54, 1.807) is 51.5 Å². The molecular weight excluding hydrogens is 484 g/mol. The van der Waals surface area contributed by atoms with E-state index in [1.807, 2.05) is 70.2 Å². The predicted molar refractivity (Wildman–Crippen MR) is 152 cm³/mol. The van der Waals surface area contributed by atoms with Crippen molar-refractivity contribution in [3.63, 3.8) is 0 Å². The Balaban J connectivity index is 2.39. The minimum atomic E-state index is -3.84. The molecule has 2 aromatic rings. The lowest BCUT2D eigenvalue weighted by atomic mass is 9.93. The van der Waals surface area contributed by atoms with Crippen molar-refractivity contribution >= 4 is 9.84 Å². The van der Waals surface area contributed by atoms with Gasteiger partial charge in [0.25, 0.3) is 0 Å². The molecular formula is C31H42O5S. The highest BCUT2D eigenvalue weighted by atomic mass is 32.2. The van der Waals surface area contributed by atoms with Gasteiger partial charge in [-0.3, -0.25) is 0 Å². The molecule has 0 amide bonds. The van der Waals surface area contributed by atoms with Crippen LogP contribution in [-0.2, 0) is 21.0 Å². The maximum Gasteiger partial charge on any atom is 0.187 e. The van der Waals surface area contributed by atoms with Gasteiger partial charge in [0.1, 0.15) is 11.0 Å². The lowest BCUT2D eigenvalue weighted by Crippen LogP contribution is -2.36. The van der Waals surface area contributed by atoms with E-state index in [1.165, 1.54) is 0 Å². The van der Waals surface area contributed by atoms with Crippen LogP contribution in [0.1, 0.15) is 46.6 Å². The molecule has 0 heterocycles. The zero-order chi connectivity index (χ0) is 27.6. The topological polar surface area (TPSA) is 72.8 Å². The van der Waals surface area contributed by atoms with E-state index >= 15 is 0 Å². The quantitative estimate of drug-likeness (QED) is 0.308. The van der Waals surface area contributed by atoms with Crippen molar-refractivity contribution in [3.05, 3.63) is 95.1 Å². The van der Waals surface area contributed by atoms with Gasteiger partial charge in [-0.25, -0.2) is 8.42 Å². The highest BCUT2D eigenvalue weighted by Gasteiger charge is 2.35. The van der Waals surface area contributed by atoms with Gasteiger partial charge < -0.3 is 14.6 Å². The Kier molecular flexibility index (Phi) is 11.8. The number of benzene rings is 2. The van der Waals surface area contributed by atoms with Gasteiger partial charge in [-0.05, 0) is 75.9 Å². The summed E-state index contributed by atoms with van der Waals surface area (Å²) >= 11 is 0. The number of hydrogen-bond donors (Lipinski definition) is 1. The molecule has 4 atom stereocenters. The summed E-state index contributed by atoms with van der Waals surface area (Å²) in [4.78, 5) is 0.199. The molecule has 202 valence electrons. The summed E-state index contributed by atoms with van der Waals surface area (Å²) in [6.07, 6.45) is 5.56. The van der Waals surface area contributed by atoms with Crippen molar-refractivity contribution in [1.29, 1.82) is 0 Å². The van der Waals surface area contributed by atoms with Crippen molar-refractivity contribution in [3.8, 4) is 5.75 Å². The number of ether oxygens (including phenoxy) is 2. The minimum Gasteiger partial charge on any atom is -0.497 e. The van der Waals surface area contributed by atoms with Crippen molar-refractivity contribution in [2.24, 2.45) is 5.92 Å². The molecule has 4 unspecified atom stereocenters. The Labute approximate surface area is 223 Å². The molecule has 5 nitrogen and oxygen atoms in total. The van der Waals surface area contributed by atoms with Crippen molar-refractivity contribution in [2.45, 2.75) is 69.8 Å². The number of methoxy groups -OCH3 is 2. The van der Waals surface area contributed by atoms with Crippen molar-refractivity contribution in [1.82, 2.24) is 0 Å². The number of hydrogen-bond acceptors (Lipinski definition) is 5. The van der Waals surface area contributed by atoms with Crippen LogP contribution in [0.3, 0.4) is 0 Å². The molecule has 0 saturated heterocycles. The first kappa shape index (κ1) is 30.6. The summed E-state index contributed by atoms with van der Waals surface area (Å²) in [5.74, 6) is 0.710. The third-order valence-electron chi connectivity index (χ3n) is 6.72. The van der Waals surface area contributed by atoms with Crippen LogP contribution in [0, 0.1) is 5.92 Å². The van der Waals surface area contributed by atoms with Crippen LogP contribution in [0.5, 0.6) is 5.75 Å². The van der Waals surface area contributed by atoms with E-state index < -0.39 is 21.2 Å². The molecule has 0 saturated carbocycles. The zero-order valence-corrected chi connectivity index (χ0v) is 24.0. The standard InChI is InChI=1S/C31H42O5S/c1-8-23(3)30(36-7)24(4)20-25(5)31(37(33,34)28-15-10-9-11-16-28)29(32)19-22(2)17-18-26-13-12-14-27(21-26)35-6/h8-17,20-21,24,29-32H,18-19H2,1-7H3/b22-17+,23-8+,25-20+. The monoisotopic (exact) mass is 526 g/mol. The first-order valence-corrected chi connectivity index (χ1v) is 14.2. The summed E-state index contributed by atoms with van der Waals surface area (Å²) in [6, 6.07) is 16.2. The second-order valence-electron chi connectivity index (χ2n) is 9.62. The minimum absolute atomic E-state index is 0.0772. The molecule has 2 aromatic carbocycles. The molecule has 2 rings (SSSR count). The van der Waals surface area contributed by atoms with Crippen molar-refractivity contribution < 1.29 is 23.0 Å². The fourth-order valence-corrected chi connectivity index (χ4v) is 6.61. The molecule has 0 bridgehead atoms. The number of aliphatic hydroxyl groups is 1. The average molecular weight is 527 g/mol. The van der Waals surface area contributed by atoms with Gasteiger partial charge >= 0.3 is 0 Å². The third kappa shape index (κ3) is 8.42. The fraction of sp³-hybridized carbons (Fsp3) is 0.419. The summed E-state index contributed by atoms with van der Waals surface area (Å²) < 4.78 is 38.5. The molecule has 0 spiro atoms. The molecule has 0 fully saturated rings. The normalized spacial score (nSPS) is 16.7. The molecule has 1 N–H and O–H groups in total. The van der Waals surface area contributed by atoms with Gasteiger partial charge in [-0.2, -0.15) is 0 Å². The lowest BCUT2D eigenvalue weighted by Gasteiger charge is -2.27. The van der Waals surface area contributed by atoms with E-state index in [4.69, 9.17) is 9.47 Å². The molecule has 0 aromatic heterocycles. The van der Waals surface area contributed by atoms with Gasteiger partial charge in [-0.15, -0.1) is 0 Å². The Bertz CT molecular complexity index is 1200. The molecule has 0 aliphatic rings. The van der Waals surface area contributed by atoms with Crippen LogP contribution in [0.15, 0.2) is 94.4 Å². The maximum absolute atomic E-state index is 13.8. The molecule has 0 aliphatic heterocycles. The van der Waals surface area contributed by atoms with E-state index in [2.05, 4.69) is 0 Å². The number of aliphatic hydroxyl groups excluding tert-OH is 1.